The Hall–Kier alpha value is -1.68. The van der Waals surface area contributed by atoms with Gasteiger partial charge in [0.05, 0.1) is 19.3 Å². The van der Waals surface area contributed by atoms with Gasteiger partial charge in [0.25, 0.3) is 0 Å². The van der Waals surface area contributed by atoms with Gasteiger partial charge in [-0.2, -0.15) is 0 Å². The number of hydrogen-bond donors (Lipinski definition) is 1. The Bertz CT molecular complexity index is 557. The van der Waals surface area contributed by atoms with Crippen LogP contribution in [0.5, 0.6) is 0 Å². The quantitative estimate of drug-likeness (QED) is 0.722. The summed E-state index contributed by atoms with van der Waals surface area (Å²) in [5.41, 5.74) is 2.41. The molecule has 3 heteroatoms. The molecule has 2 aromatic carbocycles. The molecule has 1 N–H and O–H groups in total. The van der Waals surface area contributed by atoms with E-state index in [0.29, 0.717) is 25.7 Å². The Kier molecular flexibility index (Phi) is 7.96. The minimum absolute atomic E-state index is 0.359. The molecule has 0 radical (unpaired) electrons. The fourth-order valence-electron chi connectivity index (χ4n) is 2.80. The highest BCUT2D eigenvalue weighted by Crippen LogP contribution is 2.09. The van der Waals surface area contributed by atoms with Gasteiger partial charge in [0.1, 0.15) is 0 Å². The maximum atomic E-state index is 10.3. The van der Waals surface area contributed by atoms with Crippen LogP contribution >= 0.6 is 0 Å². The number of aliphatic hydroxyl groups is 1. The molecule has 0 aromatic heterocycles. The van der Waals surface area contributed by atoms with Crippen molar-refractivity contribution >= 4 is 0 Å². The number of benzene rings is 2. The molecule has 2 aromatic rings. The monoisotopic (exact) mass is 327 g/mol. The van der Waals surface area contributed by atoms with Gasteiger partial charge in [-0.25, -0.2) is 0 Å². The summed E-state index contributed by atoms with van der Waals surface area (Å²) in [7, 11) is 0. The van der Waals surface area contributed by atoms with Crippen molar-refractivity contribution in [1.82, 2.24) is 4.90 Å². The Morgan fingerprint density at radius 1 is 0.875 bits per heavy atom. The van der Waals surface area contributed by atoms with E-state index >= 15 is 0 Å². The molecule has 0 saturated carbocycles. The van der Waals surface area contributed by atoms with Gasteiger partial charge in [0, 0.05) is 19.6 Å². The van der Waals surface area contributed by atoms with E-state index in [4.69, 9.17) is 4.74 Å². The van der Waals surface area contributed by atoms with Crippen molar-refractivity contribution in [1.29, 1.82) is 0 Å². The van der Waals surface area contributed by atoms with Crippen molar-refractivity contribution < 1.29 is 9.84 Å². The van der Waals surface area contributed by atoms with E-state index in [1.54, 1.807) is 0 Å². The van der Waals surface area contributed by atoms with Gasteiger partial charge in [0.2, 0.25) is 0 Å². The molecule has 3 nitrogen and oxygen atoms in total. The number of nitrogens with zero attached hydrogens (tertiary/aromatic N) is 1. The van der Waals surface area contributed by atoms with Gasteiger partial charge in [-0.1, -0.05) is 74.5 Å². The molecule has 0 amide bonds. The fourth-order valence-corrected chi connectivity index (χ4v) is 2.80. The van der Waals surface area contributed by atoms with E-state index in [1.807, 2.05) is 36.4 Å². The number of ether oxygens (including phenoxy) is 1. The maximum Gasteiger partial charge on any atom is 0.0900 e. The van der Waals surface area contributed by atoms with Gasteiger partial charge in [-0.15, -0.1) is 0 Å². The second-order valence-corrected chi connectivity index (χ2v) is 6.73. The zero-order chi connectivity index (χ0) is 17.2. The molecule has 24 heavy (non-hydrogen) atoms. The van der Waals surface area contributed by atoms with Crippen molar-refractivity contribution in [2.24, 2.45) is 5.92 Å². The van der Waals surface area contributed by atoms with Crippen LogP contribution in [0.3, 0.4) is 0 Å². The Morgan fingerprint density at radius 2 is 1.46 bits per heavy atom. The highest BCUT2D eigenvalue weighted by molar-refractivity contribution is 5.14. The largest absolute Gasteiger partial charge is 0.389 e. The van der Waals surface area contributed by atoms with Gasteiger partial charge in [-0.05, 0) is 17.0 Å². The predicted molar refractivity (Wildman–Crippen MR) is 98.7 cm³/mol. The van der Waals surface area contributed by atoms with E-state index in [9.17, 15) is 5.11 Å². The third-order valence-corrected chi connectivity index (χ3v) is 3.76. The van der Waals surface area contributed by atoms with Crippen LogP contribution in [-0.4, -0.2) is 35.8 Å². The zero-order valence-corrected chi connectivity index (χ0v) is 14.8. The van der Waals surface area contributed by atoms with Crippen molar-refractivity contribution in [2.45, 2.75) is 33.1 Å². The van der Waals surface area contributed by atoms with E-state index in [0.717, 1.165) is 18.7 Å². The van der Waals surface area contributed by atoms with Gasteiger partial charge in [-0.3, -0.25) is 4.90 Å². The molecule has 130 valence electrons. The van der Waals surface area contributed by atoms with Crippen LogP contribution in [0.25, 0.3) is 0 Å². The molecular formula is C21H29NO2. The van der Waals surface area contributed by atoms with E-state index < -0.39 is 6.10 Å². The molecule has 0 aliphatic carbocycles. The van der Waals surface area contributed by atoms with Crippen molar-refractivity contribution in [3.05, 3.63) is 71.8 Å². The molecule has 0 bridgehead atoms. The lowest BCUT2D eigenvalue weighted by molar-refractivity contribution is 0.00678. The summed E-state index contributed by atoms with van der Waals surface area (Å²) in [6, 6.07) is 20.5. The lowest BCUT2D eigenvalue weighted by Gasteiger charge is -2.26. The summed E-state index contributed by atoms with van der Waals surface area (Å²) in [5.74, 6) is 0.561. The normalized spacial score (nSPS) is 12.7. The molecule has 1 atom stereocenters. The molecule has 0 fully saturated rings. The summed E-state index contributed by atoms with van der Waals surface area (Å²) in [4.78, 5) is 2.30. The van der Waals surface area contributed by atoms with E-state index in [1.165, 1.54) is 5.56 Å². The van der Waals surface area contributed by atoms with E-state index in [-0.39, 0.29) is 0 Å². The maximum absolute atomic E-state index is 10.3. The molecule has 0 heterocycles. The third-order valence-electron chi connectivity index (χ3n) is 3.76. The van der Waals surface area contributed by atoms with Gasteiger partial charge < -0.3 is 9.84 Å². The lowest BCUT2D eigenvalue weighted by atomic mass is 10.1. The molecule has 2 rings (SSSR count). The fraction of sp³-hybridized carbons (Fsp3) is 0.429. The number of hydrogen-bond acceptors (Lipinski definition) is 3. The summed E-state index contributed by atoms with van der Waals surface area (Å²) in [6.07, 6.45) is -0.476. The highest BCUT2D eigenvalue weighted by atomic mass is 16.5. The number of aliphatic hydroxyl groups excluding tert-OH is 1. The first-order valence-electron chi connectivity index (χ1n) is 8.69. The lowest BCUT2D eigenvalue weighted by Crippen LogP contribution is -2.36. The zero-order valence-electron chi connectivity index (χ0n) is 14.8. The van der Waals surface area contributed by atoms with Crippen molar-refractivity contribution in [2.75, 3.05) is 19.7 Å². The van der Waals surface area contributed by atoms with Crippen LogP contribution in [0.2, 0.25) is 0 Å². The molecule has 0 saturated heterocycles. The van der Waals surface area contributed by atoms with Gasteiger partial charge >= 0.3 is 0 Å². The van der Waals surface area contributed by atoms with Crippen LogP contribution < -0.4 is 0 Å². The molecule has 0 aliphatic heterocycles. The van der Waals surface area contributed by atoms with Crippen molar-refractivity contribution in [3.63, 3.8) is 0 Å². The van der Waals surface area contributed by atoms with Crippen LogP contribution in [0, 0.1) is 5.92 Å². The summed E-state index contributed by atoms with van der Waals surface area (Å²) in [5, 5.41) is 10.3. The molecule has 0 unspecified atom stereocenters. The Labute approximate surface area is 145 Å². The minimum atomic E-state index is -0.476. The SMILES string of the molecule is CC(C)CN(Cc1ccccc1)C[C@@H](O)COCc1ccccc1. The first kappa shape index (κ1) is 18.7. The molecule has 0 aliphatic rings. The summed E-state index contributed by atoms with van der Waals surface area (Å²) in [6.45, 7) is 7.76. The average Bonchev–Trinajstić information content (AvgIpc) is 2.56. The highest BCUT2D eigenvalue weighted by Gasteiger charge is 2.14. The average molecular weight is 327 g/mol. The first-order valence-corrected chi connectivity index (χ1v) is 8.69. The summed E-state index contributed by atoms with van der Waals surface area (Å²) >= 11 is 0. The van der Waals surface area contributed by atoms with Crippen LogP contribution in [0.15, 0.2) is 60.7 Å². The standard InChI is InChI=1S/C21H29NO2/c1-18(2)13-22(14-19-9-5-3-6-10-19)15-21(23)17-24-16-20-11-7-4-8-12-20/h3-12,18,21,23H,13-17H2,1-2H3/t21-/m1/s1. The minimum Gasteiger partial charge on any atom is -0.389 e. The second kappa shape index (κ2) is 10.2. The molecular weight excluding hydrogens is 298 g/mol. The van der Waals surface area contributed by atoms with Gasteiger partial charge in [0.15, 0.2) is 0 Å². The smallest absolute Gasteiger partial charge is 0.0900 e. The number of rotatable bonds is 10. The third kappa shape index (κ3) is 7.26. The van der Waals surface area contributed by atoms with E-state index in [2.05, 4.69) is 43.0 Å². The topological polar surface area (TPSA) is 32.7 Å². The predicted octanol–water partition coefficient (Wildman–Crippen LogP) is 3.72. The Morgan fingerprint density at radius 3 is 2.04 bits per heavy atom. The second-order valence-electron chi connectivity index (χ2n) is 6.73. The first-order chi connectivity index (χ1) is 11.6. The van der Waals surface area contributed by atoms with Crippen LogP contribution in [0.4, 0.5) is 0 Å². The van der Waals surface area contributed by atoms with Crippen LogP contribution in [-0.2, 0) is 17.9 Å². The molecule has 0 spiro atoms. The summed E-state index contributed by atoms with van der Waals surface area (Å²) < 4.78 is 5.66. The van der Waals surface area contributed by atoms with Crippen LogP contribution in [0.1, 0.15) is 25.0 Å². The Balaban J connectivity index is 1.79. The van der Waals surface area contributed by atoms with Crippen molar-refractivity contribution in [3.8, 4) is 0 Å².